The number of benzene rings is 2. The number of carbonyl (C=O) groups is 1. The Bertz CT molecular complexity index is 546. The molecule has 0 amide bonds. The lowest BCUT2D eigenvalue weighted by molar-refractivity contribution is -0.107. The topological polar surface area (TPSA) is 35.5 Å². The fourth-order valence-corrected chi connectivity index (χ4v) is 1.94. The number of hydrogen-bond acceptors (Lipinski definition) is 3. The molecule has 2 rings (SSSR count). The van der Waals surface area contributed by atoms with Crippen LogP contribution in [0.3, 0.4) is 0 Å². The van der Waals surface area contributed by atoms with Gasteiger partial charge in [-0.25, -0.2) is 0 Å². The highest BCUT2D eigenvalue weighted by Crippen LogP contribution is 2.31. The predicted octanol–water partition coefficient (Wildman–Crippen LogP) is 2.60. The van der Waals surface area contributed by atoms with Crippen LogP contribution in [0, 0.1) is 0 Å². The first-order valence-corrected chi connectivity index (χ1v) is 5.37. The monoisotopic (exact) mass is 230 g/mol. The maximum atomic E-state index is 10.6. The van der Waals surface area contributed by atoms with Crippen LogP contribution in [0.2, 0.25) is 0 Å². The van der Waals surface area contributed by atoms with Gasteiger partial charge in [-0.15, -0.1) is 0 Å². The smallest absolute Gasteiger partial charge is 0.126 e. The van der Waals surface area contributed by atoms with Gasteiger partial charge in [0.15, 0.2) is 0 Å². The normalized spacial score (nSPS) is 10.2. The Morgan fingerprint density at radius 2 is 1.88 bits per heavy atom. The molecule has 0 atom stereocenters. The summed E-state index contributed by atoms with van der Waals surface area (Å²) in [4.78, 5) is 10.6. The summed E-state index contributed by atoms with van der Waals surface area (Å²) in [6.07, 6.45) is 1.32. The first-order chi connectivity index (χ1) is 8.30. The average Bonchev–Trinajstić information content (AvgIpc) is 2.38. The second kappa shape index (κ2) is 4.87. The van der Waals surface area contributed by atoms with Crippen LogP contribution < -0.4 is 9.47 Å². The zero-order valence-corrected chi connectivity index (χ0v) is 9.90. The molecule has 17 heavy (non-hydrogen) atoms. The Labute approximate surface area is 100.0 Å². The van der Waals surface area contributed by atoms with E-state index < -0.39 is 0 Å². The van der Waals surface area contributed by atoms with Crippen molar-refractivity contribution >= 4 is 17.1 Å². The maximum absolute atomic E-state index is 10.6. The van der Waals surface area contributed by atoms with Gasteiger partial charge >= 0.3 is 0 Å². The van der Waals surface area contributed by atoms with E-state index >= 15 is 0 Å². The number of methoxy groups -OCH3 is 2. The summed E-state index contributed by atoms with van der Waals surface area (Å²) < 4.78 is 10.5. The van der Waals surface area contributed by atoms with E-state index in [0.29, 0.717) is 6.42 Å². The Hall–Kier alpha value is -2.03. The van der Waals surface area contributed by atoms with Gasteiger partial charge in [-0.2, -0.15) is 0 Å². The first-order valence-electron chi connectivity index (χ1n) is 5.37. The molecule has 0 fully saturated rings. The second-order valence-electron chi connectivity index (χ2n) is 3.71. The fourth-order valence-electron chi connectivity index (χ4n) is 1.94. The molecule has 0 saturated carbocycles. The van der Waals surface area contributed by atoms with Crippen molar-refractivity contribution in [1.82, 2.24) is 0 Å². The summed E-state index contributed by atoms with van der Waals surface area (Å²) in [6, 6.07) is 9.55. The lowest BCUT2D eigenvalue weighted by Crippen LogP contribution is -1.92. The lowest BCUT2D eigenvalue weighted by atomic mass is 10.0. The molecule has 0 heterocycles. The lowest BCUT2D eigenvalue weighted by Gasteiger charge is -2.10. The Morgan fingerprint density at radius 1 is 1.06 bits per heavy atom. The van der Waals surface area contributed by atoms with Gasteiger partial charge in [-0.05, 0) is 29.1 Å². The van der Waals surface area contributed by atoms with Crippen molar-refractivity contribution in [1.29, 1.82) is 0 Å². The van der Waals surface area contributed by atoms with Crippen LogP contribution in [-0.4, -0.2) is 20.5 Å². The van der Waals surface area contributed by atoms with Crippen molar-refractivity contribution in [2.45, 2.75) is 6.42 Å². The fraction of sp³-hybridized carbons (Fsp3) is 0.214. The van der Waals surface area contributed by atoms with Crippen molar-refractivity contribution in [3.05, 3.63) is 35.9 Å². The molecule has 0 saturated heterocycles. The van der Waals surface area contributed by atoms with Gasteiger partial charge < -0.3 is 14.3 Å². The molecule has 0 aliphatic carbocycles. The summed E-state index contributed by atoms with van der Waals surface area (Å²) in [6.45, 7) is 0. The molecule has 0 aromatic heterocycles. The molecule has 2 aromatic rings. The van der Waals surface area contributed by atoms with Crippen LogP contribution in [0.25, 0.3) is 10.8 Å². The first kappa shape index (κ1) is 11.5. The Balaban J connectivity index is 2.70. The molecule has 0 spiro atoms. The third-order valence-electron chi connectivity index (χ3n) is 2.80. The van der Waals surface area contributed by atoms with Crippen molar-refractivity contribution in [2.24, 2.45) is 0 Å². The highest BCUT2D eigenvalue weighted by Gasteiger charge is 2.07. The molecule has 88 valence electrons. The molecule has 0 aliphatic rings. The quantitative estimate of drug-likeness (QED) is 0.757. The molecule has 0 aliphatic heterocycles. The van der Waals surface area contributed by atoms with Crippen LogP contribution in [0.1, 0.15) is 5.56 Å². The highest BCUT2D eigenvalue weighted by molar-refractivity contribution is 5.93. The van der Waals surface area contributed by atoms with Gasteiger partial charge in [-0.1, -0.05) is 12.1 Å². The van der Waals surface area contributed by atoms with E-state index in [9.17, 15) is 4.79 Å². The predicted molar refractivity (Wildman–Crippen MR) is 66.8 cm³/mol. The molecule has 3 nitrogen and oxygen atoms in total. The van der Waals surface area contributed by atoms with E-state index in [-0.39, 0.29) is 0 Å². The minimum Gasteiger partial charge on any atom is -0.497 e. The second-order valence-corrected chi connectivity index (χ2v) is 3.71. The molecule has 0 bridgehead atoms. The van der Waals surface area contributed by atoms with E-state index in [0.717, 1.165) is 34.1 Å². The zero-order valence-electron chi connectivity index (χ0n) is 9.90. The Kier molecular flexibility index (Phi) is 3.28. The number of aldehydes is 1. The number of carbonyl (C=O) groups excluding carboxylic acids is 1. The highest BCUT2D eigenvalue weighted by atomic mass is 16.5. The van der Waals surface area contributed by atoms with Gasteiger partial charge in [-0.3, -0.25) is 0 Å². The number of rotatable bonds is 4. The summed E-state index contributed by atoms with van der Waals surface area (Å²) in [5, 5.41) is 1.99. The molecule has 3 heteroatoms. The standard InChI is InChI=1S/C14H14O3/c1-16-11-4-5-12-10(7-8-15)3-6-14(17-2)13(12)9-11/h3-6,8-9H,7H2,1-2H3. The van der Waals surface area contributed by atoms with E-state index in [1.54, 1.807) is 14.2 Å². The van der Waals surface area contributed by atoms with Crippen LogP contribution in [0.5, 0.6) is 11.5 Å². The van der Waals surface area contributed by atoms with Gasteiger partial charge in [0.2, 0.25) is 0 Å². The average molecular weight is 230 g/mol. The van der Waals surface area contributed by atoms with Crippen molar-refractivity contribution in [3.63, 3.8) is 0 Å². The minimum atomic E-state index is 0.410. The molecule has 0 N–H and O–H groups in total. The van der Waals surface area contributed by atoms with Crippen LogP contribution in [0.15, 0.2) is 30.3 Å². The number of ether oxygens (including phenoxy) is 2. The van der Waals surface area contributed by atoms with Gasteiger partial charge in [0.25, 0.3) is 0 Å². The van der Waals surface area contributed by atoms with E-state index in [2.05, 4.69) is 0 Å². The number of hydrogen-bond donors (Lipinski definition) is 0. The molecular weight excluding hydrogens is 216 g/mol. The van der Waals surface area contributed by atoms with Crippen molar-refractivity contribution in [2.75, 3.05) is 14.2 Å². The third kappa shape index (κ3) is 2.09. The van der Waals surface area contributed by atoms with E-state index in [4.69, 9.17) is 9.47 Å². The van der Waals surface area contributed by atoms with Crippen molar-refractivity contribution in [3.8, 4) is 11.5 Å². The molecular formula is C14H14O3. The zero-order chi connectivity index (χ0) is 12.3. The van der Waals surface area contributed by atoms with Gasteiger partial charge in [0, 0.05) is 11.8 Å². The largest absolute Gasteiger partial charge is 0.497 e. The van der Waals surface area contributed by atoms with E-state index in [1.807, 2.05) is 30.3 Å². The van der Waals surface area contributed by atoms with Crippen LogP contribution in [0.4, 0.5) is 0 Å². The van der Waals surface area contributed by atoms with Gasteiger partial charge in [0.1, 0.15) is 17.8 Å². The van der Waals surface area contributed by atoms with E-state index in [1.165, 1.54) is 0 Å². The Morgan fingerprint density at radius 3 is 2.53 bits per heavy atom. The summed E-state index contributed by atoms with van der Waals surface area (Å²) >= 11 is 0. The maximum Gasteiger partial charge on any atom is 0.126 e. The minimum absolute atomic E-state index is 0.410. The summed E-state index contributed by atoms with van der Waals surface area (Å²) in [5.74, 6) is 1.56. The van der Waals surface area contributed by atoms with Crippen LogP contribution >= 0.6 is 0 Å². The third-order valence-corrected chi connectivity index (χ3v) is 2.80. The SMILES string of the molecule is COc1ccc2c(CC=O)ccc(OC)c2c1. The summed E-state index contributed by atoms with van der Waals surface area (Å²) in [5.41, 5.74) is 0.999. The molecule has 2 aromatic carbocycles. The van der Waals surface area contributed by atoms with Crippen LogP contribution in [-0.2, 0) is 11.2 Å². The summed E-state index contributed by atoms with van der Waals surface area (Å²) in [7, 11) is 3.26. The molecule has 0 radical (unpaired) electrons. The van der Waals surface area contributed by atoms with Gasteiger partial charge in [0.05, 0.1) is 14.2 Å². The molecule has 0 unspecified atom stereocenters. The number of fused-ring (bicyclic) bond motifs is 1. The van der Waals surface area contributed by atoms with Crippen molar-refractivity contribution < 1.29 is 14.3 Å².